The zero-order valence-electron chi connectivity index (χ0n) is 7.08. The van der Waals surface area contributed by atoms with Crippen LogP contribution in [0.5, 0.6) is 0 Å². The van der Waals surface area contributed by atoms with Crippen LogP contribution in [0.2, 0.25) is 0 Å². The molecule has 6 heteroatoms. The molecule has 0 aromatic heterocycles. The first-order valence-electron chi connectivity index (χ1n) is 3.96. The summed E-state index contributed by atoms with van der Waals surface area (Å²) in [7, 11) is 0. The Labute approximate surface area is 93.5 Å². The fraction of sp³-hybridized carbons (Fsp3) is 0.571. The largest absolute Gasteiger partial charge is 0.355 e. The zero-order valence-corrected chi connectivity index (χ0v) is 9.41. The van der Waals surface area contributed by atoms with Crippen LogP contribution in [0.25, 0.3) is 0 Å². The van der Waals surface area contributed by atoms with E-state index in [9.17, 15) is 0 Å². The molecule has 0 bridgehead atoms. The van der Waals surface area contributed by atoms with Crippen LogP contribution in [0.3, 0.4) is 0 Å². The van der Waals surface area contributed by atoms with E-state index in [-0.39, 0.29) is 24.0 Å². The standard InChI is InChI=1S/C7H11N3O2.HI/c1-4-11-12-6(1)5-10-7-8-2-3-9-7;/h1H,2-5H2,(H2,8,9,10);1H. The Morgan fingerprint density at radius 1 is 1.62 bits per heavy atom. The lowest BCUT2D eigenvalue weighted by Gasteiger charge is -2.05. The van der Waals surface area contributed by atoms with Gasteiger partial charge in [-0.3, -0.25) is 4.99 Å². The molecule has 0 aromatic carbocycles. The Morgan fingerprint density at radius 2 is 2.54 bits per heavy atom. The molecule has 0 amide bonds. The second-order valence-electron chi connectivity index (χ2n) is 2.55. The maximum Gasteiger partial charge on any atom is 0.191 e. The van der Waals surface area contributed by atoms with Gasteiger partial charge < -0.3 is 15.5 Å². The summed E-state index contributed by atoms with van der Waals surface area (Å²) in [5, 5.41) is 6.18. The number of nitrogens with zero attached hydrogens (tertiary/aromatic N) is 1. The number of nitrogens with one attached hydrogen (secondary N) is 2. The summed E-state index contributed by atoms with van der Waals surface area (Å²) >= 11 is 0. The van der Waals surface area contributed by atoms with Gasteiger partial charge in [-0.1, -0.05) is 0 Å². The van der Waals surface area contributed by atoms with Crippen LogP contribution in [-0.2, 0) is 9.78 Å². The second kappa shape index (κ2) is 5.28. The van der Waals surface area contributed by atoms with E-state index in [2.05, 4.69) is 20.5 Å². The summed E-state index contributed by atoms with van der Waals surface area (Å²) in [5.74, 6) is 1.65. The zero-order chi connectivity index (χ0) is 8.23. The number of hydrogen-bond donors (Lipinski definition) is 2. The highest BCUT2D eigenvalue weighted by atomic mass is 127. The van der Waals surface area contributed by atoms with Gasteiger partial charge in [-0.05, 0) is 6.08 Å². The molecule has 2 N–H and O–H groups in total. The highest BCUT2D eigenvalue weighted by Crippen LogP contribution is 2.04. The Hall–Kier alpha value is -0.500. The lowest BCUT2D eigenvalue weighted by Crippen LogP contribution is -2.34. The summed E-state index contributed by atoms with van der Waals surface area (Å²) < 4.78 is 0. The summed E-state index contributed by atoms with van der Waals surface area (Å²) in [6, 6.07) is 0. The normalized spacial score (nSPS) is 19.4. The molecule has 5 nitrogen and oxygen atoms in total. The summed E-state index contributed by atoms with van der Waals surface area (Å²) in [6.07, 6.45) is 1.89. The van der Waals surface area contributed by atoms with Crippen molar-refractivity contribution in [1.29, 1.82) is 0 Å². The van der Waals surface area contributed by atoms with Crippen molar-refractivity contribution >= 4 is 29.9 Å². The van der Waals surface area contributed by atoms with Gasteiger partial charge in [-0.15, -0.1) is 24.0 Å². The molecule has 74 valence electrons. The molecular weight excluding hydrogens is 285 g/mol. The topological polar surface area (TPSA) is 54.9 Å². The van der Waals surface area contributed by atoms with Gasteiger partial charge in [0.25, 0.3) is 0 Å². The van der Waals surface area contributed by atoms with Crippen molar-refractivity contribution in [2.75, 3.05) is 26.2 Å². The minimum Gasteiger partial charge on any atom is -0.355 e. The number of halogens is 1. The molecule has 2 rings (SSSR count). The molecule has 0 aromatic rings. The van der Waals surface area contributed by atoms with Crippen LogP contribution < -0.4 is 10.6 Å². The first-order chi connectivity index (χ1) is 5.95. The Bertz CT molecular complexity index is 206. The average molecular weight is 297 g/mol. The van der Waals surface area contributed by atoms with Crippen LogP contribution in [0, 0.1) is 0 Å². The van der Waals surface area contributed by atoms with E-state index in [4.69, 9.17) is 4.89 Å². The molecule has 0 saturated carbocycles. The predicted octanol–water partition coefficient (Wildman–Crippen LogP) is -0.00110. The highest BCUT2D eigenvalue weighted by molar-refractivity contribution is 14.0. The van der Waals surface area contributed by atoms with E-state index in [1.165, 1.54) is 0 Å². The van der Waals surface area contributed by atoms with Crippen molar-refractivity contribution in [1.82, 2.24) is 10.6 Å². The van der Waals surface area contributed by atoms with Crippen LogP contribution in [-0.4, -0.2) is 32.2 Å². The molecule has 0 aliphatic carbocycles. The maximum atomic E-state index is 4.83. The van der Waals surface area contributed by atoms with Crippen molar-refractivity contribution in [3.63, 3.8) is 0 Å². The number of hydrogen-bond acceptors (Lipinski definition) is 5. The monoisotopic (exact) mass is 297 g/mol. The minimum absolute atomic E-state index is 0. The van der Waals surface area contributed by atoms with Crippen molar-refractivity contribution in [2.45, 2.75) is 0 Å². The lowest BCUT2D eigenvalue weighted by molar-refractivity contribution is -0.234. The molecule has 13 heavy (non-hydrogen) atoms. The Morgan fingerprint density at radius 3 is 3.15 bits per heavy atom. The van der Waals surface area contributed by atoms with Crippen molar-refractivity contribution in [3.8, 4) is 0 Å². The van der Waals surface area contributed by atoms with Crippen LogP contribution in [0.4, 0.5) is 0 Å². The molecular formula is C7H12IN3O2. The summed E-state index contributed by atoms with van der Waals surface area (Å²) in [6.45, 7) is 2.93. The number of guanidine groups is 1. The third kappa shape index (κ3) is 3.03. The molecule has 2 heterocycles. The van der Waals surface area contributed by atoms with Gasteiger partial charge in [0.15, 0.2) is 11.7 Å². The van der Waals surface area contributed by atoms with Gasteiger partial charge in [0.2, 0.25) is 0 Å². The Balaban J connectivity index is 0.000000845. The van der Waals surface area contributed by atoms with E-state index < -0.39 is 0 Å². The average Bonchev–Trinajstić information content (AvgIpc) is 2.74. The maximum absolute atomic E-state index is 4.83. The molecule has 0 saturated heterocycles. The van der Waals surface area contributed by atoms with E-state index in [1.54, 1.807) is 0 Å². The van der Waals surface area contributed by atoms with Gasteiger partial charge in [0.1, 0.15) is 6.61 Å². The molecule has 2 aliphatic heterocycles. The van der Waals surface area contributed by atoms with E-state index in [1.807, 2.05) is 6.08 Å². The number of rotatable bonds is 2. The summed E-state index contributed by atoms with van der Waals surface area (Å²) in [5.41, 5.74) is 0. The highest BCUT2D eigenvalue weighted by Gasteiger charge is 2.09. The van der Waals surface area contributed by atoms with Crippen molar-refractivity contribution in [2.24, 2.45) is 4.99 Å². The van der Waals surface area contributed by atoms with Crippen LogP contribution in [0.1, 0.15) is 0 Å². The second-order valence-corrected chi connectivity index (χ2v) is 2.55. The number of aliphatic imine (C=N–C) groups is 1. The van der Waals surface area contributed by atoms with Gasteiger partial charge in [-0.25, -0.2) is 0 Å². The predicted molar refractivity (Wildman–Crippen MR) is 58.8 cm³/mol. The fourth-order valence-corrected chi connectivity index (χ4v) is 1.06. The van der Waals surface area contributed by atoms with Crippen LogP contribution >= 0.6 is 24.0 Å². The molecule has 0 radical (unpaired) electrons. The first-order valence-corrected chi connectivity index (χ1v) is 3.96. The summed E-state index contributed by atoms with van der Waals surface area (Å²) in [4.78, 5) is 13.7. The van der Waals surface area contributed by atoms with Gasteiger partial charge in [0.05, 0.1) is 13.1 Å². The van der Waals surface area contributed by atoms with Crippen molar-refractivity contribution < 1.29 is 9.78 Å². The molecule has 0 spiro atoms. The Kier molecular flexibility index (Phi) is 4.29. The molecule has 0 atom stereocenters. The smallest absolute Gasteiger partial charge is 0.191 e. The third-order valence-electron chi connectivity index (χ3n) is 1.65. The molecule has 2 aliphatic rings. The lowest BCUT2D eigenvalue weighted by atomic mass is 10.4. The van der Waals surface area contributed by atoms with Crippen molar-refractivity contribution in [3.05, 3.63) is 11.8 Å². The van der Waals surface area contributed by atoms with E-state index in [0.29, 0.717) is 13.2 Å². The quantitative estimate of drug-likeness (QED) is 0.556. The third-order valence-corrected chi connectivity index (χ3v) is 1.65. The first kappa shape index (κ1) is 10.6. The SMILES string of the molecule is C1=C(CNC2=NCCN2)OOC1.I. The van der Waals surface area contributed by atoms with E-state index in [0.717, 1.165) is 24.8 Å². The van der Waals surface area contributed by atoms with Gasteiger partial charge >= 0.3 is 0 Å². The van der Waals surface area contributed by atoms with Gasteiger partial charge in [0, 0.05) is 6.54 Å². The fourth-order valence-electron chi connectivity index (χ4n) is 1.06. The molecule has 0 fully saturated rings. The minimum atomic E-state index is 0. The van der Waals surface area contributed by atoms with E-state index >= 15 is 0 Å². The van der Waals surface area contributed by atoms with Crippen LogP contribution in [0.15, 0.2) is 16.8 Å². The molecule has 0 unspecified atom stereocenters. The van der Waals surface area contributed by atoms with Gasteiger partial charge in [-0.2, -0.15) is 4.89 Å².